The van der Waals surface area contributed by atoms with Gasteiger partial charge in [0.05, 0.1) is 22.4 Å². The number of nitrogens with zero attached hydrogens (tertiary/aromatic N) is 1. The molecule has 2 saturated carbocycles. The number of hydrogen-bond donors (Lipinski definition) is 4. The van der Waals surface area contributed by atoms with Gasteiger partial charge in [-0.3, -0.25) is 4.98 Å². The SMILES string of the molecule is CC.N=C/C(=C\N)c1cccc([C@@]23CC4C[C@@H](C(/C=C(\N)C5=C(F)CCC=C5F)=C2N)C43)n1.[HH]. The van der Waals surface area contributed by atoms with Gasteiger partial charge in [-0.1, -0.05) is 19.9 Å². The van der Waals surface area contributed by atoms with E-state index in [1.807, 2.05) is 32.0 Å². The van der Waals surface area contributed by atoms with Gasteiger partial charge in [0.15, 0.2) is 0 Å². The molecule has 1 heterocycles. The van der Waals surface area contributed by atoms with Crippen LogP contribution >= 0.6 is 0 Å². The number of nitrogens with two attached hydrogens (primary N) is 3. The molecule has 0 saturated heterocycles. The highest BCUT2D eigenvalue weighted by Crippen LogP contribution is 2.73. The van der Waals surface area contributed by atoms with Crippen LogP contribution in [-0.2, 0) is 5.41 Å². The first kappa shape index (κ1) is 23.0. The number of nitrogens with one attached hydrogen (secondary N) is 1. The van der Waals surface area contributed by atoms with Gasteiger partial charge in [0.2, 0.25) is 0 Å². The second-order valence-corrected chi connectivity index (χ2v) is 8.82. The first-order chi connectivity index (χ1) is 15.9. The zero-order valence-electron chi connectivity index (χ0n) is 19.0. The second-order valence-electron chi connectivity index (χ2n) is 8.82. The van der Waals surface area contributed by atoms with E-state index in [0.717, 1.165) is 24.1 Å². The Labute approximate surface area is 194 Å². The van der Waals surface area contributed by atoms with Crippen LogP contribution in [0, 0.1) is 23.2 Å². The van der Waals surface area contributed by atoms with Crippen LogP contribution in [0.25, 0.3) is 5.57 Å². The van der Waals surface area contributed by atoms with E-state index in [1.54, 1.807) is 6.08 Å². The summed E-state index contributed by atoms with van der Waals surface area (Å²) in [5.74, 6) is -0.0201. The number of rotatable bonds is 5. The zero-order valence-corrected chi connectivity index (χ0v) is 19.0. The summed E-state index contributed by atoms with van der Waals surface area (Å²) < 4.78 is 28.6. The molecule has 7 heteroatoms. The van der Waals surface area contributed by atoms with E-state index >= 15 is 0 Å². The van der Waals surface area contributed by atoms with Gasteiger partial charge in [-0.15, -0.1) is 0 Å². The normalized spacial score (nSPS) is 30.5. The van der Waals surface area contributed by atoms with Gasteiger partial charge in [-0.25, -0.2) is 8.78 Å². The van der Waals surface area contributed by atoms with E-state index in [9.17, 15) is 8.78 Å². The summed E-state index contributed by atoms with van der Waals surface area (Å²) in [5.41, 5.74) is 21.7. The molecule has 33 heavy (non-hydrogen) atoms. The maximum Gasteiger partial charge on any atom is 0.131 e. The molecule has 2 unspecified atom stereocenters. The summed E-state index contributed by atoms with van der Waals surface area (Å²) in [7, 11) is 0. The van der Waals surface area contributed by atoms with Crippen LogP contribution in [0.5, 0.6) is 0 Å². The van der Waals surface area contributed by atoms with Crippen LogP contribution in [0.15, 0.2) is 70.7 Å². The van der Waals surface area contributed by atoms with Crippen molar-refractivity contribution >= 4 is 11.8 Å². The maximum absolute atomic E-state index is 14.3. The van der Waals surface area contributed by atoms with Crippen LogP contribution in [0.2, 0.25) is 0 Å². The second kappa shape index (κ2) is 8.61. The Hall–Kier alpha value is -3.22. The van der Waals surface area contributed by atoms with Gasteiger partial charge >= 0.3 is 0 Å². The van der Waals surface area contributed by atoms with Gasteiger partial charge in [0.25, 0.3) is 0 Å². The van der Waals surface area contributed by atoms with E-state index in [0.29, 0.717) is 35.2 Å². The van der Waals surface area contributed by atoms with Crippen molar-refractivity contribution in [3.05, 3.63) is 82.1 Å². The minimum absolute atomic E-state index is 0. The molecule has 4 aliphatic rings. The summed E-state index contributed by atoms with van der Waals surface area (Å²) in [5, 5.41) is 7.56. The van der Waals surface area contributed by atoms with Crippen molar-refractivity contribution in [2.75, 3.05) is 0 Å². The Bertz CT molecular complexity index is 1150. The highest BCUT2D eigenvalue weighted by Gasteiger charge is 2.70. The van der Waals surface area contributed by atoms with Crippen LogP contribution in [0.4, 0.5) is 8.78 Å². The van der Waals surface area contributed by atoms with E-state index in [4.69, 9.17) is 27.6 Å². The number of aromatic nitrogens is 1. The monoisotopic (exact) mass is 453 g/mol. The molecule has 0 aliphatic heterocycles. The standard InChI is InChI=1S/C24H25F2N5.C2H6.H2/c25-16-3-1-4-17(26)21(16)18(29)8-15-14-7-12-9-24(22(12)14,23(15)30)20-6-2-5-19(31-20)13(10-27)11-28;1-2;/h2-3,5-6,8,10-12,14,22,27H,1,4,7,9,28-30H2;1-2H3;1H/b13-11+,18-8-,27-10?;;/t12?,14-,22?,24+;;/m0../s1. The molecule has 1 aromatic rings. The van der Waals surface area contributed by atoms with Gasteiger partial charge in [0, 0.05) is 37.2 Å². The minimum atomic E-state index is -0.610. The van der Waals surface area contributed by atoms with Crippen molar-refractivity contribution in [1.29, 1.82) is 5.41 Å². The number of hydrogen-bond acceptors (Lipinski definition) is 5. The fraction of sp³-hybridized carbons (Fsp3) is 0.385. The summed E-state index contributed by atoms with van der Waals surface area (Å²) in [6.07, 6.45) is 7.98. The molecular weight excluding hydrogens is 420 g/mol. The van der Waals surface area contributed by atoms with E-state index in [2.05, 4.69) is 0 Å². The fourth-order valence-corrected chi connectivity index (χ4v) is 6.03. The van der Waals surface area contributed by atoms with Crippen molar-refractivity contribution in [2.45, 2.75) is 44.9 Å². The third-order valence-electron chi connectivity index (χ3n) is 7.48. The lowest BCUT2D eigenvalue weighted by atomic mass is 9.42. The van der Waals surface area contributed by atoms with Crippen LogP contribution in [0.3, 0.4) is 0 Å². The lowest BCUT2D eigenvalue weighted by molar-refractivity contribution is -0.0611. The topological polar surface area (TPSA) is 115 Å². The molecule has 0 aromatic carbocycles. The highest BCUT2D eigenvalue weighted by molar-refractivity contribution is 6.07. The molecule has 0 bridgehead atoms. The third kappa shape index (κ3) is 3.24. The predicted molar refractivity (Wildman–Crippen MR) is 130 cm³/mol. The largest absolute Gasteiger partial charge is 0.404 e. The highest BCUT2D eigenvalue weighted by atomic mass is 19.1. The molecule has 5 rings (SSSR count). The van der Waals surface area contributed by atoms with Crippen molar-refractivity contribution in [1.82, 2.24) is 4.98 Å². The third-order valence-corrected chi connectivity index (χ3v) is 7.48. The quantitative estimate of drug-likeness (QED) is 0.462. The zero-order chi connectivity index (χ0) is 23.9. The van der Waals surface area contributed by atoms with Crippen LogP contribution < -0.4 is 17.2 Å². The summed E-state index contributed by atoms with van der Waals surface area (Å²) in [4.78, 5) is 4.80. The van der Waals surface area contributed by atoms with Crippen molar-refractivity contribution < 1.29 is 10.2 Å². The molecule has 0 radical (unpaired) electrons. The van der Waals surface area contributed by atoms with Gasteiger partial charge < -0.3 is 22.6 Å². The molecule has 2 fully saturated rings. The molecule has 0 amide bonds. The van der Waals surface area contributed by atoms with Crippen LogP contribution in [-0.4, -0.2) is 11.2 Å². The smallest absolute Gasteiger partial charge is 0.131 e. The molecule has 1 aromatic heterocycles. The van der Waals surface area contributed by atoms with E-state index in [-0.39, 0.29) is 25.0 Å². The average molecular weight is 454 g/mol. The summed E-state index contributed by atoms with van der Waals surface area (Å²) in [6, 6.07) is 5.68. The molecule has 5 nitrogen and oxygen atoms in total. The van der Waals surface area contributed by atoms with Crippen molar-refractivity contribution in [3.63, 3.8) is 0 Å². The van der Waals surface area contributed by atoms with Gasteiger partial charge in [-0.2, -0.15) is 0 Å². The van der Waals surface area contributed by atoms with E-state index in [1.165, 1.54) is 18.5 Å². The number of pyridine rings is 1. The molecule has 0 spiro atoms. The van der Waals surface area contributed by atoms with Crippen molar-refractivity contribution in [3.8, 4) is 0 Å². The Kier molecular flexibility index (Phi) is 5.99. The number of halogens is 2. The van der Waals surface area contributed by atoms with Crippen molar-refractivity contribution in [2.24, 2.45) is 35.0 Å². The Morgan fingerprint density at radius 2 is 2.06 bits per heavy atom. The Morgan fingerprint density at radius 3 is 2.70 bits per heavy atom. The minimum Gasteiger partial charge on any atom is -0.404 e. The Morgan fingerprint density at radius 1 is 1.30 bits per heavy atom. The predicted octanol–water partition coefficient (Wildman–Crippen LogP) is 5.14. The molecule has 7 N–H and O–H groups in total. The average Bonchev–Trinajstić information content (AvgIpc) is 2.87. The summed E-state index contributed by atoms with van der Waals surface area (Å²) in [6.45, 7) is 4.00. The molecule has 4 aliphatic carbocycles. The molecule has 176 valence electrons. The lowest BCUT2D eigenvalue weighted by Gasteiger charge is -2.61. The van der Waals surface area contributed by atoms with Gasteiger partial charge in [0.1, 0.15) is 11.7 Å². The first-order valence-corrected chi connectivity index (χ1v) is 11.5. The van der Waals surface area contributed by atoms with Gasteiger partial charge in [-0.05, 0) is 66.9 Å². The molecule has 4 atom stereocenters. The number of allylic oxidation sites excluding steroid dienone is 7. The van der Waals surface area contributed by atoms with E-state index < -0.39 is 17.1 Å². The molecular formula is C26H33F2N5. The lowest BCUT2D eigenvalue weighted by Crippen LogP contribution is -2.59. The maximum atomic E-state index is 14.3. The Balaban J connectivity index is 0.00000105. The van der Waals surface area contributed by atoms with Crippen LogP contribution in [0.1, 0.15) is 52.3 Å². The fourth-order valence-electron chi connectivity index (χ4n) is 6.03. The summed E-state index contributed by atoms with van der Waals surface area (Å²) >= 11 is 0. The first-order valence-electron chi connectivity index (χ1n) is 11.5.